The minimum atomic E-state index is -0.0858. The number of halogens is 1. The highest BCUT2D eigenvalue weighted by Crippen LogP contribution is 2.27. The third-order valence-corrected chi connectivity index (χ3v) is 5.15. The zero-order valence-corrected chi connectivity index (χ0v) is 16.5. The van der Waals surface area contributed by atoms with Crippen LogP contribution in [0.15, 0.2) is 64.1 Å². The number of hydrogen-bond donors (Lipinski definition) is 0. The van der Waals surface area contributed by atoms with Crippen molar-refractivity contribution in [2.75, 3.05) is 24.6 Å². The van der Waals surface area contributed by atoms with Crippen LogP contribution in [0.4, 0.5) is 5.95 Å². The normalized spacial score (nSPS) is 17.1. The topological polar surface area (TPSA) is 60.2 Å². The Morgan fingerprint density at radius 1 is 1.19 bits per heavy atom. The van der Waals surface area contributed by atoms with Crippen LogP contribution in [0.3, 0.4) is 0 Å². The van der Waals surface area contributed by atoms with E-state index < -0.39 is 0 Å². The van der Waals surface area contributed by atoms with Crippen LogP contribution in [0, 0.1) is 0 Å². The summed E-state index contributed by atoms with van der Waals surface area (Å²) in [5.41, 5.74) is 2.54. The second-order valence-electron chi connectivity index (χ2n) is 6.43. The molecule has 138 valence electrons. The molecule has 0 bridgehead atoms. The lowest BCUT2D eigenvalue weighted by atomic mass is 10.1. The van der Waals surface area contributed by atoms with Crippen LogP contribution in [0.1, 0.15) is 11.7 Å². The molecule has 1 aliphatic heterocycles. The van der Waals surface area contributed by atoms with E-state index in [1.807, 2.05) is 24.3 Å². The van der Waals surface area contributed by atoms with E-state index >= 15 is 0 Å². The molecule has 3 aromatic rings. The summed E-state index contributed by atoms with van der Waals surface area (Å²) in [5.74, 6) is 0.651. The number of morpholine rings is 1. The molecule has 6 nitrogen and oxygen atoms in total. The van der Waals surface area contributed by atoms with Crippen molar-refractivity contribution in [3.63, 3.8) is 0 Å². The summed E-state index contributed by atoms with van der Waals surface area (Å²) in [6.45, 7) is 1.90. The molecule has 0 radical (unpaired) electrons. The molecule has 3 heterocycles. The predicted octanol–water partition coefficient (Wildman–Crippen LogP) is 3.18. The van der Waals surface area contributed by atoms with Crippen molar-refractivity contribution in [3.8, 4) is 11.3 Å². The van der Waals surface area contributed by atoms with Gasteiger partial charge in [0.1, 0.15) is 6.10 Å². The van der Waals surface area contributed by atoms with Crippen LogP contribution in [-0.2, 0) is 11.8 Å². The number of benzene rings is 1. The van der Waals surface area contributed by atoms with Crippen LogP contribution < -0.4 is 10.5 Å². The Bertz CT molecular complexity index is 1010. The second-order valence-corrected chi connectivity index (χ2v) is 7.35. The van der Waals surface area contributed by atoms with Gasteiger partial charge in [0.05, 0.1) is 18.8 Å². The van der Waals surface area contributed by atoms with Crippen molar-refractivity contribution in [1.82, 2.24) is 14.5 Å². The van der Waals surface area contributed by atoms with E-state index in [0.717, 1.165) is 15.6 Å². The van der Waals surface area contributed by atoms with E-state index in [4.69, 9.17) is 9.72 Å². The number of aromatic nitrogens is 3. The average molecular weight is 427 g/mol. The van der Waals surface area contributed by atoms with Gasteiger partial charge < -0.3 is 9.64 Å². The Hall–Kier alpha value is -2.51. The molecule has 0 saturated carbocycles. The van der Waals surface area contributed by atoms with Gasteiger partial charge in [-0.1, -0.05) is 28.1 Å². The number of pyridine rings is 1. The van der Waals surface area contributed by atoms with Gasteiger partial charge in [0.15, 0.2) is 0 Å². The molecule has 1 saturated heterocycles. The lowest BCUT2D eigenvalue weighted by Gasteiger charge is -2.34. The summed E-state index contributed by atoms with van der Waals surface area (Å²) < 4.78 is 8.58. The first-order valence-corrected chi connectivity index (χ1v) is 9.51. The van der Waals surface area contributed by atoms with Gasteiger partial charge >= 0.3 is 0 Å². The summed E-state index contributed by atoms with van der Waals surface area (Å²) in [4.78, 5) is 23.4. The van der Waals surface area contributed by atoms with Gasteiger partial charge in [-0.05, 0) is 29.8 Å². The maximum Gasteiger partial charge on any atom is 0.255 e. The third-order valence-electron chi connectivity index (χ3n) is 4.66. The van der Waals surface area contributed by atoms with Crippen LogP contribution in [0.5, 0.6) is 0 Å². The Morgan fingerprint density at radius 2 is 2.00 bits per heavy atom. The van der Waals surface area contributed by atoms with Crippen molar-refractivity contribution >= 4 is 21.9 Å². The molecule has 0 spiro atoms. The Labute approximate surface area is 165 Å². The summed E-state index contributed by atoms with van der Waals surface area (Å²) in [7, 11) is 1.75. The van der Waals surface area contributed by atoms with Crippen LogP contribution >= 0.6 is 15.9 Å². The van der Waals surface area contributed by atoms with Gasteiger partial charge in [0.2, 0.25) is 5.95 Å². The first-order chi connectivity index (χ1) is 13.1. The predicted molar refractivity (Wildman–Crippen MR) is 108 cm³/mol. The minimum absolute atomic E-state index is 0.0715. The summed E-state index contributed by atoms with van der Waals surface area (Å²) >= 11 is 3.51. The van der Waals surface area contributed by atoms with E-state index in [2.05, 4.69) is 37.9 Å². The molecule has 1 aromatic carbocycles. The zero-order chi connectivity index (χ0) is 18.8. The van der Waals surface area contributed by atoms with Crippen LogP contribution in [0.2, 0.25) is 0 Å². The van der Waals surface area contributed by atoms with Gasteiger partial charge in [-0.3, -0.25) is 14.3 Å². The van der Waals surface area contributed by atoms with E-state index in [1.54, 1.807) is 30.1 Å². The van der Waals surface area contributed by atoms with Crippen LogP contribution in [-0.4, -0.2) is 34.2 Å². The smallest absolute Gasteiger partial charge is 0.255 e. The lowest BCUT2D eigenvalue weighted by molar-refractivity contribution is 0.0389. The molecule has 4 rings (SSSR count). The fraction of sp³-hybridized carbons (Fsp3) is 0.250. The number of hydrogen-bond acceptors (Lipinski definition) is 5. The fourth-order valence-corrected chi connectivity index (χ4v) is 3.64. The maximum atomic E-state index is 12.5. The molecule has 0 aliphatic carbocycles. The van der Waals surface area contributed by atoms with Gasteiger partial charge in [-0.25, -0.2) is 4.98 Å². The molecule has 27 heavy (non-hydrogen) atoms. The SMILES string of the molecule is Cn1c(N2CCOC(c3cccc(Br)c3)C2)nc(-c2ccncc2)cc1=O. The molecule has 1 fully saturated rings. The first-order valence-electron chi connectivity index (χ1n) is 8.72. The summed E-state index contributed by atoms with van der Waals surface area (Å²) in [6.07, 6.45) is 3.33. The van der Waals surface area contributed by atoms with E-state index in [-0.39, 0.29) is 11.7 Å². The maximum absolute atomic E-state index is 12.5. The Kier molecular flexibility index (Phi) is 5.05. The second kappa shape index (κ2) is 7.62. The number of nitrogens with zero attached hydrogens (tertiary/aromatic N) is 4. The largest absolute Gasteiger partial charge is 0.370 e. The lowest BCUT2D eigenvalue weighted by Crippen LogP contribution is -2.41. The molecule has 1 aliphatic rings. The van der Waals surface area contributed by atoms with Crippen molar-refractivity contribution in [3.05, 3.63) is 75.2 Å². The molecule has 1 atom stereocenters. The highest BCUT2D eigenvalue weighted by Gasteiger charge is 2.25. The Balaban J connectivity index is 1.68. The third kappa shape index (κ3) is 3.79. The Morgan fingerprint density at radius 3 is 2.78 bits per heavy atom. The standard InChI is InChI=1S/C20H19BrN4O2/c1-24-19(26)12-17(14-5-7-22-8-6-14)23-20(24)25-9-10-27-18(13-25)15-3-2-4-16(21)11-15/h2-8,11-12,18H,9-10,13H2,1H3. The molecular weight excluding hydrogens is 408 g/mol. The van der Waals surface area contributed by atoms with Gasteiger partial charge in [0.25, 0.3) is 5.56 Å². The quantitative estimate of drug-likeness (QED) is 0.643. The van der Waals surface area contributed by atoms with Crippen molar-refractivity contribution < 1.29 is 4.74 Å². The molecule has 7 heteroatoms. The highest BCUT2D eigenvalue weighted by molar-refractivity contribution is 9.10. The van der Waals surface area contributed by atoms with Crippen molar-refractivity contribution in [1.29, 1.82) is 0 Å². The van der Waals surface area contributed by atoms with Crippen molar-refractivity contribution in [2.24, 2.45) is 7.05 Å². The number of rotatable bonds is 3. The molecule has 0 amide bonds. The van der Waals surface area contributed by atoms with Gasteiger partial charge in [0, 0.05) is 42.1 Å². The van der Waals surface area contributed by atoms with E-state index in [1.165, 1.54) is 0 Å². The molecule has 0 N–H and O–H groups in total. The molecule has 2 aromatic heterocycles. The molecular formula is C20H19BrN4O2. The van der Waals surface area contributed by atoms with E-state index in [9.17, 15) is 4.79 Å². The van der Waals surface area contributed by atoms with Gasteiger partial charge in [-0.15, -0.1) is 0 Å². The van der Waals surface area contributed by atoms with Crippen molar-refractivity contribution in [2.45, 2.75) is 6.10 Å². The monoisotopic (exact) mass is 426 g/mol. The number of anilines is 1. The van der Waals surface area contributed by atoms with Crippen LogP contribution in [0.25, 0.3) is 11.3 Å². The molecule has 1 unspecified atom stereocenters. The number of ether oxygens (including phenoxy) is 1. The highest BCUT2D eigenvalue weighted by atomic mass is 79.9. The average Bonchev–Trinajstić information content (AvgIpc) is 2.71. The fourth-order valence-electron chi connectivity index (χ4n) is 3.22. The van der Waals surface area contributed by atoms with Gasteiger partial charge in [-0.2, -0.15) is 0 Å². The first kappa shape index (κ1) is 17.9. The summed E-state index contributed by atoms with van der Waals surface area (Å²) in [6, 6.07) is 13.4. The summed E-state index contributed by atoms with van der Waals surface area (Å²) in [5, 5.41) is 0. The zero-order valence-electron chi connectivity index (χ0n) is 14.9. The van der Waals surface area contributed by atoms with E-state index in [0.29, 0.717) is 31.3 Å². The minimum Gasteiger partial charge on any atom is -0.370 e.